The molecule has 0 aromatic carbocycles. The SMILES string of the molecule is C=C1CCC2CC1C21COC2(CC(C)C(=O)N2)C1. The molecule has 5 fully saturated rings. The molecule has 2 bridgehead atoms. The fourth-order valence-corrected chi connectivity index (χ4v) is 4.98. The third-order valence-corrected chi connectivity index (χ3v) is 6.00. The molecule has 2 spiro atoms. The van der Waals surface area contributed by atoms with Crippen LogP contribution >= 0.6 is 0 Å². The van der Waals surface area contributed by atoms with E-state index < -0.39 is 0 Å². The summed E-state index contributed by atoms with van der Waals surface area (Å²) in [6.45, 7) is 7.08. The van der Waals surface area contributed by atoms with Gasteiger partial charge in [-0.2, -0.15) is 0 Å². The maximum Gasteiger partial charge on any atom is 0.225 e. The van der Waals surface area contributed by atoms with Gasteiger partial charge in [0.05, 0.1) is 6.61 Å². The summed E-state index contributed by atoms with van der Waals surface area (Å²) in [4.78, 5) is 11.8. The molecule has 98 valence electrons. The molecule has 5 rings (SSSR count). The van der Waals surface area contributed by atoms with Crippen molar-refractivity contribution < 1.29 is 9.53 Å². The first-order valence-electron chi connectivity index (χ1n) is 7.18. The van der Waals surface area contributed by atoms with E-state index in [1.165, 1.54) is 24.8 Å². The molecule has 3 saturated carbocycles. The highest BCUT2D eigenvalue weighted by Gasteiger charge is 2.66. The second kappa shape index (κ2) is 3.19. The monoisotopic (exact) mass is 247 g/mol. The highest BCUT2D eigenvalue weighted by Crippen LogP contribution is 2.67. The van der Waals surface area contributed by atoms with Crippen molar-refractivity contribution in [1.29, 1.82) is 0 Å². The minimum atomic E-state index is -0.342. The van der Waals surface area contributed by atoms with Gasteiger partial charge in [-0.05, 0) is 31.1 Å². The van der Waals surface area contributed by atoms with Gasteiger partial charge in [-0.1, -0.05) is 19.1 Å². The van der Waals surface area contributed by atoms with E-state index in [1.807, 2.05) is 6.92 Å². The van der Waals surface area contributed by atoms with Crippen LogP contribution in [0.25, 0.3) is 0 Å². The summed E-state index contributed by atoms with van der Waals surface area (Å²) in [7, 11) is 0. The molecule has 2 heterocycles. The van der Waals surface area contributed by atoms with Crippen LogP contribution in [-0.2, 0) is 9.53 Å². The van der Waals surface area contributed by atoms with E-state index >= 15 is 0 Å². The standard InChI is InChI=1S/C15H21NO2/c1-9-3-4-11-5-12(9)14(11)7-15(18-8-14)6-10(2)13(17)16-15/h10-12H,1,3-8H2,2H3,(H,16,17). The van der Waals surface area contributed by atoms with Gasteiger partial charge < -0.3 is 10.1 Å². The van der Waals surface area contributed by atoms with Crippen molar-refractivity contribution in [1.82, 2.24) is 5.32 Å². The van der Waals surface area contributed by atoms with Crippen molar-refractivity contribution in [2.75, 3.05) is 6.61 Å². The highest BCUT2D eigenvalue weighted by molar-refractivity contribution is 5.81. The zero-order valence-electron chi connectivity index (χ0n) is 11.0. The van der Waals surface area contributed by atoms with Gasteiger partial charge in [-0.15, -0.1) is 0 Å². The van der Waals surface area contributed by atoms with Crippen molar-refractivity contribution in [3.8, 4) is 0 Å². The summed E-state index contributed by atoms with van der Waals surface area (Å²) in [5.41, 5.74) is 1.40. The third kappa shape index (κ3) is 1.16. The van der Waals surface area contributed by atoms with E-state index in [9.17, 15) is 4.79 Å². The van der Waals surface area contributed by atoms with E-state index in [4.69, 9.17) is 4.74 Å². The van der Waals surface area contributed by atoms with Crippen molar-refractivity contribution in [2.45, 2.75) is 44.8 Å². The normalized spacial score (nSPS) is 53.9. The molecule has 1 amide bonds. The predicted molar refractivity (Wildman–Crippen MR) is 67.6 cm³/mol. The average Bonchev–Trinajstić information content (AvgIpc) is 2.82. The Labute approximate surface area is 108 Å². The summed E-state index contributed by atoms with van der Waals surface area (Å²) in [6, 6.07) is 0. The van der Waals surface area contributed by atoms with Crippen LogP contribution in [0.2, 0.25) is 0 Å². The lowest BCUT2D eigenvalue weighted by Gasteiger charge is -2.58. The number of amides is 1. The van der Waals surface area contributed by atoms with E-state index in [0.29, 0.717) is 11.3 Å². The van der Waals surface area contributed by atoms with Gasteiger partial charge in [-0.3, -0.25) is 4.79 Å². The van der Waals surface area contributed by atoms with Gasteiger partial charge in [0.2, 0.25) is 5.91 Å². The maximum absolute atomic E-state index is 11.8. The fraction of sp³-hybridized carbons (Fsp3) is 0.800. The van der Waals surface area contributed by atoms with Crippen LogP contribution in [0.3, 0.4) is 0 Å². The second-order valence-electron chi connectivity index (χ2n) is 6.97. The Morgan fingerprint density at radius 3 is 2.94 bits per heavy atom. The van der Waals surface area contributed by atoms with Crippen LogP contribution in [0.5, 0.6) is 0 Å². The smallest absolute Gasteiger partial charge is 0.225 e. The van der Waals surface area contributed by atoms with Crippen LogP contribution in [0.1, 0.15) is 39.0 Å². The van der Waals surface area contributed by atoms with Crippen LogP contribution in [0.4, 0.5) is 0 Å². The van der Waals surface area contributed by atoms with Crippen molar-refractivity contribution in [3.63, 3.8) is 0 Å². The second-order valence-corrected chi connectivity index (χ2v) is 6.97. The average molecular weight is 247 g/mol. The van der Waals surface area contributed by atoms with Crippen LogP contribution in [0.15, 0.2) is 12.2 Å². The highest BCUT2D eigenvalue weighted by atomic mass is 16.5. The van der Waals surface area contributed by atoms with E-state index in [0.717, 1.165) is 25.4 Å². The number of hydrogen-bond acceptors (Lipinski definition) is 2. The Balaban J connectivity index is 1.61. The number of hydrogen-bond donors (Lipinski definition) is 1. The molecule has 5 unspecified atom stereocenters. The van der Waals surface area contributed by atoms with Crippen LogP contribution in [-0.4, -0.2) is 18.2 Å². The molecule has 0 aromatic heterocycles. The molecule has 1 N–H and O–H groups in total. The van der Waals surface area contributed by atoms with Crippen molar-refractivity contribution in [3.05, 3.63) is 12.2 Å². The molecular weight excluding hydrogens is 226 g/mol. The number of nitrogens with one attached hydrogen (secondary N) is 1. The predicted octanol–water partition coefficient (Wildman–Crippen LogP) is 2.23. The van der Waals surface area contributed by atoms with Gasteiger partial charge in [-0.25, -0.2) is 0 Å². The molecule has 2 saturated heterocycles. The summed E-state index contributed by atoms with van der Waals surface area (Å²) in [5, 5.41) is 3.12. The zero-order chi connectivity index (χ0) is 12.5. The largest absolute Gasteiger partial charge is 0.355 e. The number of ether oxygens (including phenoxy) is 1. The number of carbonyl (C=O) groups is 1. The van der Waals surface area contributed by atoms with Crippen LogP contribution < -0.4 is 5.32 Å². The van der Waals surface area contributed by atoms with Crippen LogP contribution in [0, 0.1) is 23.2 Å². The number of fused-ring (bicyclic) bond motifs is 2. The van der Waals surface area contributed by atoms with Gasteiger partial charge in [0.15, 0.2) is 0 Å². The Kier molecular flexibility index (Phi) is 1.95. The van der Waals surface area contributed by atoms with Crippen molar-refractivity contribution in [2.24, 2.45) is 23.2 Å². The first kappa shape index (κ1) is 11.0. The number of carbonyl (C=O) groups excluding carboxylic acids is 1. The fourth-order valence-electron chi connectivity index (χ4n) is 4.98. The zero-order valence-corrected chi connectivity index (χ0v) is 11.0. The maximum atomic E-state index is 11.8. The molecule has 0 aromatic rings. The Morgan fingerprint density at radius 2 is 2.33 bits per heavy atom. The molecule has 2 aliphatic heterocycles. The minimum absolute atomic E-state index is 0.100. The lowest BCUT2D eigenvalue weighted by atomic mass is 9.45. The van der Waals surface area contributed by atoms with Gasteiger partial charge in [0.1, 0.15) is 5.72 Å². The van der Waals surface area contributed by atoms with E-state index in [-0.39, 0.29) is 17.6 Å². The molecule has 5 atom stereocenters. The quantitative estimate of drug-likeness (QED) is 0.667. The Morgan fingerprint density at radius 1 is 1.50 bits per heavy atom. The molecular formula is C15H21NO2. The lowest BCUT2D eigenvalue weighted by Crippen LogP contribution is -2.54. The third-order valence-electron chi connectivity index (χ3n) is 6.00. The molecule has 3 nitrogen and oxygen atoms in total. The summed E-state index contributed by atoms with van der Waals surface area (Å²) < 4.78 is 6.11. The first-order chi connectivity index (χ1) is 8.55. The molecule has 18 heavy (non-hydrogen) atoms. The number of allylic oxidation sites excluding steroid dienone is 1. The van der Waals surface area contributed by atoms with Gasteiger partial charge in [0.25, 0.3) is 0 Å². The summed E-state index contributed by atoms with van der Waals surface area (Å²) in [6.07, 6.45) is 5.65. The summed E-state index contributed by atoms with van der Waals surface area (Å²) >= 11 is 0. The minimum Gasteiger partial charge on any atom is -0.355 e. The van der Waals surface area contributed by atoms with Gasteiger partial charge >= 0.3 is 0 Å². The number of rotatable bonds is 0. The van der Waals surface area contributed by atoms with E-state index in [1.54, 1.807) is 0 Å². The van der Waals surface area contributed by atoms with Gasteiger partial charge in [0, 0.05) is 24.2 Å². The van der Waals surface area contributed by atoms with E-state index in [2.05, 4.69) is 11.9 Å². The Bertz CT molecular complexity index is 444. The molecule has 0 radical (unpaired) electrons. The van der Waals surface area contributed by atoms with Crippen molar-refractivity contribution >= 4 is 5.91 Å². The summed E-state index contributed by atoms with van der Waals surface area (Å²) in [5.74, 6) is 1.72. The lowest BCUT2D eigenvalue weighted by molar-refractivity contribution is -0.124. The molecule has 3 heteroatoms. The molecule has 3 aliphatic carbocycles. The topological polar surface area (TPSA) is 38.3 Å². The first-order valence-corrected chi connectivity index (χ1v) is 7.18. The Hall–Kier alpha value is -0.830. The molecule has 5 aliphatic rings.